The van der Waals surface area contributed by atoms with Crippen LogP contribution in [0.5, 0.6) is 5.75 Å². The molecule has 3 N–H and O–H groups in total. The highest BCUT2D eigenvalue weighted by Crippen LogP contribution is 2.25. The lowest BCUT2D eigenvalue weighted by Crippen LogP contribution is -2.44. The molecule has 1 aromatic carbocycles. The molecule has 1 rings (SSSR count). The summed E-state index contributed by atoms with van der Waals surface area (Å²) in [5.41, 5.74) is 7.77. The van der Waals surface area contributed by atoms with Gasteiger partial charge in [-0.2, -0.15) is 0 Å². The molecule has 0 aliphatic heterocycles. The van der Waals surface area contributed by atoms with Crippen LogP contribution in [0.2, 0.25) is 0 Å². The van der Waals surface area contributed by atoms with E-state index in [2.05, 4.69) is 5.32 Å². The molecule has 0 aliphatic carbocycles. The fraction of sp³-hybridized carbons (Fsp3) is 0.562. The molecule has 112 valence electrons. The third-order valence-electron chi connectivity index (χ3n) is 3.38. The van der Waals surface area contributed by atoms with Crippen LogP contribution in [0.25, 0.3) is 0 Å². The van der Waals surface area contributed by atoms with Gasteiger partial charge in [0.05, 0.1) is 0 Å². The summed E-state index contributed by atoms with van der Waals surface area (Å²) in [5.74, 6) is 0.558. The second-order valence-corrected chi connectivity index (χ2v) is 5.90. The van der Waals surface area contributed by atoms with Crippen LogP contribution in [-0.2, 0) is 4.79 Å². The van der Waals surface area contributed by atoms with Crippen LogP contribution >= 0.6 is 0 Å². The molecule has 0 bridgehead atoms. The fourth-order valence-electron chi connectivity index (χ4n) is 1.80. The molecule has 1 amide bonds. The molecule has 0 spiro atoms. The molecule has 0 heterocycles. The zero-order valence-electron chi connectivity index (χ0n) is 13.1. The Morgan fingerprint density at radius 2 is 2.10 bits per heavy atom. The van der Waals surface area contributed by atoms with Gasteiger partial charge in [-0.1, -0.05) is 24.6 Å². The van der Waals surface area contributed by atoms with E-state index in [0.29, 0.717) is 5.75 Å². The van der Waals surface area contributed by atoms with Gasteiger partial charge in [0.2, 0.25) is 0 Å². The maximum absolute atomic E-state index is 11.9. The van der Waals surface area contributed by atoms with E-state index in [1.807, 2.05) is 52.8 Å². The van der Waals surface area contributed by atoms with E-state index < -0.39 is 0 Å². The number of rotatable bonds is 6. The zero-order valence-corrected chi connectivity index (χ0v) is 13.1. The lowest BCUT2D eigenvalue weighted by atomic mass is 10.0. The predicted molar refractivity (Wildman–Crippen MR) is 81.8 cm³/mol. The van der Waals surface area contributed by atoms with Crippen LogP contribution in [0.15, 0.2) is 18.2 Å². The van der Waals surface area contributed by atoms with Crippen LogP contribution in [0, 0.1) is 6.92 Å². The van der Waals surface area contributed by atoms with Gasteiger partial charge in [-0.15, -0.1) is 0 Å². The molecule has 4 nitrogen and oxygen atoms in total. The number of hydrogen-bond acceptors (Lipinski definition) is 3. The van der Waals surface area contributed by atoms with Gasteiger partial charge < -0.3 is 15.8 Å². The molecule has 0 saturated heterocycles. The molecule has 0 unspecified atom stereocenters. The van der Waals surface area contributed by atoms with Gasteiger partial charge in [-0.25, -0.2) is 0 Å². The first-order valence-electron chi connectivity index (χ1n) is 7.05. The summed E-state index contributed by atoms with van der Waals surface area (Å²) in [6.07, 6.45) is 0.869. The summed E-state index contributed by atoms with van der Waals surface area (Å²) in [7, 11) is 0. The van der Waals surface area contributed by atoms with Crippen LogP contribution in [0.1, 0.15) is 51.3 Å². The smallest absolute Gasteiger partial charge is 0.258 e. The minimum Gasteiger partial charge on any atom is -0.483 e. The molecule has 20 heavy (non-hydrogen) atoms. The first-order valence-corrected chi connectivity index (χ1v) is 7.05. The number of carbonyl (C=O) groups is 1. The maximum atomic E-state index is 11.9. The van der Waals surface area contributed by atoms with Crippen molar-refractivity contribution in [3.05, 3.63) is 29.3 Å². The topological polar surface area (TPSA) is 64.3 Å². The lowest BCUT2D eigenvalue weighted by Gasteiger charge is -2.24. The van der Waals surface area contributed by atoms with Crippen LogP contribution < -0.4 is 15.8 Å². The van der Waals surface area contributed by atoms with Crippen molar-refractivity contribution >= 4 is 5.91 Å². The van der Waals surface area contributed by atoms with Crippen molar-refractivity contribution in [3.8, 4) is 5.75 Å². The van der Waals surface area contributed by atoms with Gasteiger partial charge in [0.1, 0.15) is 5.75 Å². The first-order chi connectivity index (χ1) is 9.25. The summed E-state index contributed by atoms with van der Waals surface area (Å²) in [4.78, 5) is 11.9. The SMILES string of the molecule is CCC(C)(C)NC(=O)COc1ccc(C)cc1[C@H](C)N. The second-order valence-electron chi connectivity index (χ2n) is 5.90. The van der Waals surface area contributed by atoms with E-state index in [0.717, 1.165) is 17.5 Å². The normalized spacial score (nSPS) is 12.9. The second kappa shape index (κ2) is 6.75. The summed E-state index contributed by atoms with van der Waals surface area (Å²) in [5, 5.41) is 2.94. The Balaban J connectivity index is 2.68. The highest BCUT2D eigenvalue weighted by molar-refractivity contribution is 5.78. The van der Waals surface area contributed by atoms with Crippen molar-refractivity contribution in [2.75, 3.05) is 6.61 Å². The molecular weight excluding hydrogens is 252 g/mol. The maximum Gasteiger partial charge on any atom is 0.258 e. The first kappa shape index (κ1) is 16.5. The molecule has 1 aromatic rings. The summed E-state index contributed by atoms with van der Waals surface area (Å²) >= 11 is 0. The summed E-state index contributed by atoms with van der Waals surface area (Å²) in [6.45, 7) is 9.93. The van der Waals surface area contributed by atoms with Gasteiger partial charge in [-0.05, 0) is 40.2 Å². The average Bonchev–Trinajstić information content (AvgIpc) is 2.36. The quantitative estimate of drug-likeness (QED) is 0.841. The van der Waals surface area contributed by atoms with Gasteiger partial charge in [-0.3, -0.25) is 4.79 Å². The van der Waals surface area contributed by atoms with E-state index in [9.17, 15) is 4.79 Å². The molecule has 0 aliphatic rings. The van der Waals surface area contributed by atoms with Crippen molar-refractivity contribution in [1.82, 2.24) is 5.32 Å². The third-order valence-corrected chi connectivity index (χ3v) is 3.38. The Hall–Kier alpha value is -1.55. The minimum absolute atomic E-state index is 0.00616. The van der Waals surface area contributed by atoms with Crippen LogP contribution in [-0.4, -0.2) is 18.1 Å². The number of amides is 1. The van der Waals surface area contributed by atoms with E-state index in [1.165, 1.54) is 0 Å². The minimum atomic E-state index is -0.211. The van der Waals surface area contributed by atoms with E-state index in [4.69, 9.17) is 10.5 Å². The zero-order chi connectivity index (χ0) is 15.3. The van der Waals surface area contributed by atoms with Crippen molar-refractivity contribution < 1.29 is 9.53 Å². The standard InChI is InChI=1S/C16H26N2O2/c1-6-16(4,5)18-15(19)10-20-14-8-7-11(2)9-13(14)12(3)17/h7-9,12H,6,10,17H2,1-5H3,(H,18,19)/t12-/m0/s1. The number of carbonyl (C=O) groups excluding carboxylic acids is 1. The Kier molecular flexibility index (Phi) is 5.57. The third kappa shape index (κ3) is 4.85. The summed E-state index contributed by atoms with van der Waals surface area (Å²) < 4.78 is 5.61. The fourth-order valence-corrected chi connectivity index (χ4v) is 1.80. The van der Waals surface area contributed by atoms with E-state index in [1.54, 1.807) is 0 Å². The van der Waals surface area contributed by atoms with Crippen molar-refractivity contribution in [1.29, 1.82) is 0 Å². The van der Waals surface area contributed by atoms with E-state index in [-0.39, 0.29) is 24.1 Å². The molecule has 0 saturated carbocycles. The van der Waals surface area contributed by atoms with Gasteiger partial charge in [0.15, 0.2) is 6.61 Å². The Labute approximate surface area is 121 Å². The highest BCUT2D eigenvalue weighted by atomic mass is 16.5. The monoisotopic (exact) mass is 278 g/mol. The molecule has 0 fully saturated rings. The van der Waals surface area contributed by atoms with Crippen LogP contribution in [0.3, 0.4) is 0 Å². The predicted octanol–water partition coefficient (Wildman–Crippen LogP) is 2.70. The Morgan fingerprint density at radius 1 is 1.45 bits per heavy atom. The summed E-state index contributed by atoms with van der Waals surface area (Å²) in [6, 6.07) is 5.69. The number of benzene rings is 1. The van der Waals surface area contributed by atoms with Gasteiger partial charge >= 0.3 is 0 Å². The number of nitrogens with one attached hydrogen (secondary N) is 1. The Morgan fingerprint density at radius 3 is 2.65 bits per heavy atom. The van der Waals surface area contributed by atoms with Gasteiger partial charge in [0.25, 0.3) is 5.91 Å². The molecule has 4 heteroatoms. The molecule has 0 aromatic heterocycles. The Bertz CT molecular complexity index is 468. The molecular formula is C16H26N2O2. The van der Waals surface area contributed by atoms with E-state index >= 15 is 0 Å². The lowest BCUT2D eigenvalue weighted by molar-refractivity contribution is -0.124. The van der Waals surface area contributed by atoms with Crippen molar-refractivity contribution in [3.63, 3.8) is 0 Å². The van der Waals surface area contributed by atoms with Crippen molar-refractivity contribution in [2.45, 2.75) is 52.6 Å². The molecule has 0 radical (unpaired) electrons. The molecule has 1 atom stereocenters. The number of ether oxygens (including phenoxy) is 1. The van der Waals surface area contributed by atoms with Crippen LogP contribution in [0.4, 0.5) is 0 Å². The number of hydrogen-bond donors (Lipinski definition) is 2. The number of nitrogens with two attached hydrogens (primary N) is 1. The average molecular weight is 278 g/mol. The largest absolute Gasteiger partial charge is 0.483 e. The highest BCUT2D eigenvalue weighted by Gasteiger charge is 2.18. The van der Waals surface area contributed by atoms with Crippen molar-refractivity contribution in [2.24, 2.45) is 5.73 Å². The number of aryl methyl sites for hydroxylation is 1. The van der Waals surface area contributed by atoms with Gasteiger partial charge in [0, 0.05) is 17.1 Å².